The lowest BCUT2D eigenvalue weighted by Gasteiger charge is -2.20. The first-order valence-electron chi connectivity index (χ1n) is 7.03. The zero-order valence-corrected chi connectivity index (χ0v) is 14.2. The van der Waals surface area contributed by atoms with E-state index in [0.29, 0.717) is 0 Å². The van der Waals surface area contributed by atoms with Crippen LogP contribution in [-0.4, -0.2) is 6.54 Å². The van der Waals surface area contributed by atoms with E-state index in [1.54, 1.807) is 0 Å². The summed E-state index contributed by atoms with van der Waals surface area (Å²) < 4.78 is 14.0. The highest BCUT2D eigenvalue weighted by Crippen LogP contribution is 2.25. The van der Waals surface area contributed by atoms with Crippen LogP contribution >= 0.6 is 27.5 Å². The molecular weight excluding hydrogens is 353 g/mol. The Morgan fingerprint density at radius 2 is 1.90 bits per heavy atom. The first kappa shape index (κ1) is 16.5. The number of benzene rings is 2. The fourth-order valence-corrected chi connectivity index (χ4v) is 2.87. The Morgan fingerprint density at radius 3 is 2.52 bits per heavy atom. The van der Waals surface area contributed by atoms with Gasteiger partial charge in [0.05, 0.1) is 0 Å². The molecule has 1 nitrogen and oxygen atoms in total. The van der Waals surface area contributed by atoms with E-state index in [2.05, 4.69) is 28.2 Å². The predicted octanol–water partition coefficient (Wildman–Crippen LogP) is 5.53. The maximum atomic E-state index is 13.2. The molecule has 0 aliphatic heterocycles. The van der Waals surface area contributed by atoms with Gasteiger partial charge in [-0.3, -0.25) is 0 Å². The molecule has 2 aromatic rings. The lowest BCUT2D eigenvalue weighted by atomic mass is 9.98. The van der Waals surface area contributed by atoms with Crippen molar-refractivity contribution < 1.29 is 4.39 Å². The number of rotatable bonds is 6. The van der Waals surface area contributed by atoms with Gasteiger partial charge in [-0.1, -0.05) is 52.7 Å². The van der Waals surface area contributed by atoms with Crippen molar-refractivity contribution in [3.63, 3.8) is 0 Å². The van der Waals surface area contributed by atoms with Gasteiger partial charge >= 0.3 is 0 Å². The van der Waals surface area contributed by atoms with Crippen molar-refractivity contribution in [2.24, 2.45) is 0 Å². The van der Waals surface area contributed by atoms with E-state index in [4.69, 9.17) is 11.6 Å². The molecule has 1 atom stereocenters. The first-order valence-corrected chi connectivity index (χ1v) is 8.20. The average molecular weight is 371 g/mol. The predicted molar refractivity (Wildman–Crippen MR) is 90.3 cm³/mol. The molecule has 21 heavy (non-hydrogen) atoms. The van der Waals surface area contributed by atoms with Crippen molar-refractivity contribution in [2.45, 2.75) is 25.8 Å². The lowest BCUT2D eigenvalue weighted by molar-refractivity contribution is 0.528. The molecule has 112 valence electrons. The second kappa shape index (κ2) is 7.92. The van der Waals surface area contributed by atoms with Crippen LogP contribution < -0.4 is 5.32 Å². The van der Waals surface area contributed by atoms with Crippen molar-refractivity contribution in [1.29, 1.82) is 0 Å². The molecule has 2 rings (SSSR count). The first-order chi connectivity index (χ1) is 10.1. The minimum atomic E-state index is -0.227. The molecule has 0 bridgehead atoms. The molecule has 0 spiro atoms. The zero-order chi connectivity index (χ0) is 15.2. The van der Waals surface area contributed by atoms with Crippen molar-refractivity contribution >= 4 is 27.5 Å². The molecule has 0 saturated heterocycles. The summed E-state index contributed by atoms with van der Waals surface area (Å²) in [5.41, 5.74) is 2.27. The molecule has 0 aliphatic rings. The largest absolute Gasteiger partial charge is 0.310 e. The van der Waals surface area contributed by atoms with E-state index in [1.165, 1.54) is 17.7 Å². The summed E-state index contributed by atoms with van der Waals surface area (Å²) >= 11 is 9.39. The Morgan fingerprint density at radius 1 is 1.19 bits per heavy atom. The molecule has 1 unspecified atom stereocenters. The van der Waals surface area contributed by atoms with E-state index in [0.717, 1.165) is 34.4 Å². The molecular formula is C17H18BrClFN. The molecule has 2 aromatic carbocycles. The van der Waals surface area contributed by atoms with Gasteiger partial charge in [-0.25, -0.2) is 4.39 Å². The van der Waals surface area contributed by atoms with Crippen LogP contribution in [0.2, 0.25) is 5.02 Å². The Hall–Kier alpha value is -0.900. The van der Waals surface area contributed by atoms with Gasteiger partial charge < -0.3 is 5.32 Å². The fraction of sp³-hybridized carbons (Fsp3) is 0.294. The van der Waals surface area contributed by atoms with Crippen molar-refractivity contribution in [1.82, 2.24) is 5.32 Å². The van der Waals surface area contributed by atoms with Crippen LogP contribution in [0.3, 0.4) is 0 Å². The van der Waals surface area contributed by atoms with Gasteiger partial charge in [0.15, 0.2) is 0 Å². The maximum absolute atomic E-state index is 13.2. The molecule has 0 radical (unpaired) electrons. The van der Waals surface area contributed by atoms with Crippen LogP contribution in [0.25, 0.3) is 0 Å². The van der Waals surface area contributed by atoms with Crippen molar-refractivity contribution in [3.05, 3.63) is 68.9 Å². The Labute approximate surface area is 138 Å². The summed E-state index contributed by atoms with van der Waals surface area (Å²) in [5.74, 6) is -0.227. The highest BCUT2D eigenvalue weighted by molar-refractivity contribution is 9.10. The quantitative estimate of drug-likeness (QED) is 0.705. The van der Waals surface area contributed by atoms with Gasteiger partial charge in [-0.2, -0.15) is 0 Å². The summed E-state index contributed by atoms with van der Waals surface area (Å²) in [6, 6.07) is 12.9. The topological polar surface area (TPSA) is 12.0 Å². The maximum Gasteiger partial charge on any atom is 0.124 e. The Kier molecular flexibility index (Phi) is 6.22. The summed E-state index contributed by atoms with van der Waals surface area (Å²) in [6.45, 7) is 3.08. The van der Waals surface area contributed by atoms with Gasteiger partial charge in [0.25, 0.3) is 0 Å². The SMILES string of the molecule is CCCNC(Cc1ccc(F)cc1Br)c1ccc(Cl)cc1. The number of nitrogens with one attached hydrogen (secondary N) is 1. The Balaban J connectivity index is 2.21. The molecule has 0 heterocycles. The fourth-order valence-electron chi connectivity index (χ4n) is 2.23. The number of halogens is 3. The van der Waals surface area contributed by atoms with E-state index in [1.807, 2.05) is 30.3 Å². The summed E-state index contributed by atoms with van der Waals surface area (Å²) in [6.07, 6.45) is 1.86. The van der Waals surface area contributed by atoms with Crippen LogP contribution in [-0.2, 0) is 6.42 Å². The Bertz CT molecular complexity index is 586. The van der Waals surface area contributed by atoms with Crippen LogP contribution in [0.1, 0.15) is 30.5 Å². The van der Waals surface area contributed by atoms with Crippen LogP contribution in [0, 0.1) is 5.82 Å². The van der Waals surface area contributed by atoms with Crippen LogP contribution in [0.4, 0.5) is 4.39 Å². The smallest absolute Gasteiger partial charge is 0.124 e. The third-order valence-corrected chi connectivity index (χ3v) is 4.34. The van der Waals surface area contributed by atoms with Crippen LogP contribution in [0.15, 0.2) is 46.9 Å². The summed E-state index contributed by atoms with van der Waals surface area (Å²) in [5, 5.41) is 4.27. The van der Waals surface area contributed by atoms with Gasteiger partial charge in [0.2, 0.25) is 0 Å². The monoisotopic (exact) mass is 369 g/mol. The van der Waals surface area contributed by atoms with Gasteiger partial charge in [0.1, 0.15) is 5.82 Å². The standard InChI is InChI=1S/C17H18BrClFN/c1-2-9-21-17(12-3-6-14(19)7-4-12)10-13-5-8-15(20)11-16(13)18/h3-8,11,17,21H,2,9-10H2,1H3. The molecule has 4 heteroatoms. The van der Waals surface area contributed by atoms with Gasteiger partial charge in [-0.05, 0) is 54.8 Å². The number of hydrogen-bond acceptors (Lipinski definition) is 1. The zero-order valence-electron chi connectivity index (χ0n) is 11.9. The normalized spacial score (nSPS) is 12.4. The van der Waals surface area contributed by atoms with Gasteiger partial charge in [-0.15, -0.1) is 0 Å². The highest BCUT2D eigenvalue weighted by atomic mass is 79.9. The minimum absolute atomic E-state index is 0.184. The van der Waals surface area contributed by atoms with E-state index >= 15 is 0 Å². The highest BCUT2D eigenvalue weighted by Gasteiger charge is 2.13. The van der Waals surface area contributed by atoms with E-state index in [9.17, 15) is 4.39 Å². The van der Waals surface area contributed by atoms with E-state index in [-0.39, 0.29) is 11.9 Å². The van der Waals surface area contributed by atoms with Crippen molar-refractivity contribution in [2.75, 3.05) is 6.54 Å². The van der Waals surface area contributed by atoms with Crippen molar-refractivity contribution in [3.8, 4) is 0 Å². The third kappa shape index (κ3) is 4.80. The summed E-state index contributed by atoms with van der Waals surface area (Å²) in [4.78, 5) is 0. The number of hydrogen-bond donors (Lipinski definition) is 1. The molecule has 0 amide bonds. The molecule has 1 N–H and O–H groups in total. The second-order valence-corrected chi connectivity index (χ2v) is 6.29. The molecule has 0 saturated carbocycles. The minimum Gasteiger partial charge on any atom is -0.310 e. The molecule has 0 fully saturated rings. The molecule has 0 aromatic heterocycles. The second-order valence-electron chi connectivity index (χ2n) is 5.00. The summed E-state index contributed by atoms with van der Waals surface area (Å²) in [7, 11) is 0. The third-order valence-electron chi connectivity index (χ3n) is 3.35. The average Bonchev–Trinajstić information content (AvgIpc) is 2.46. The van der Waals surface area contributed by atoms with E-state index < -0.39 is 0 Å². The van der Waals surface area contributed by atoms with Gasteiger partial charge in [0, 0.05) is 15.5 Å². The lowest BCUT2D eigenvalue weighted by Crippen LogP contribution is -2.24. The molecule has 0 aliphatic carbocycles. The van der Waals surface area contributed by atoms with Crippen LogP contribution in [0.5, 0.6) is 0 Å².